The van der Waals surface area contributed by atoms with Crippen LogP contribution in [0.1, 0.15) is 30.9 Å². The minimum Gasteiger partial charge on any atom is -0.497 e. The first kappa shape index (κ1) is 23.3. The van der Waals surface area contributed by atoms with Gasteiger partial charge < -0.3 is 14.6 Å². The van der Waals surface area contributed by atoms with Crippen molar-refractivity contribution in [2.75, 3.05) is 13.7 Å². The van der Waals surface area contributed by atoms with Gasteiger partial charge in [0.05, 0.1) is 12.7 Å². The van der Waals surface area contributed by atoms with E-state index in [1.54, 1.807) is 51.3 Å². The van der Waals surface area contributed by atoms with E-state index in [2.05, 4.69) is 4.99 Å². The molecule has 0 aliphatic carbocycles. The lowest BCUT2D eigenvalue weighted by Crippen LogP contribution is -2.35. The summed E-state index contributed by atoms with van der Waals surface area (Å²) in [4.78, 5) is 29.4. The Labute approximate surface area is 191 Å². The summed E-state index contributed by atoms with van der Waals surface area (Å²) < 4.78 is 10.6. The van der Waals surface area contributed by atoms with Gasteiger partial charge in [0.25, 0.3) is 0 Å². The summed E-state index contributed by atoms with van der Waals surface area (Å²) in [5, 5.41) is 10.3. The highest BCUT2D eigenvalue weighted by molar-refractivity contribution is 6.30. The second-order valence-electron chi connectivity index (χ2n) is 7.37. The Morgan fingerprint density at radius 2 is 1.88 bits per heavy atom. The fourth-order valence-corrected chi connectivity index (χ4v) is 3.98. The highest BCUT2D eigenvalue weighted by atomic mass is 35.5. The van der Waals surface area contributed by atoms with Crippen LogP contribution < -0.4 is 4.74 Å². The van der Waals surface area contributed by atoms with Crippen LogP contribution in [0.3, 0.4) is 0 Å². The summed E-state index contributed by atoms with van der Waals surface area (Å²) in [6.45, 7) is 3.37. The molecule has 32 heavy (non-hydrogen) atoms. The van der Waals surface area contributed by atoms with Crippen LogP contribution in [0.15, 0.2) is 70.9 Å². The summed E-state index contributed by atoms with van der Waals surface area (Å²) in [5.41, 5.74) is 2.64. The molecule has 2 unspecified atom stereocenters. The van der Waals surface area contributed by atoms with Gasteiger partial charge in [0.15, 0.2) is 0 Å². The number of carboxylic acid groups (broad SMARTS) is 1. The number of hydrogen-bond donors (Lipinski definition) is 1. The van der Waals surface area contributed by atoms with Crippen LogP contribution in [-0.2, 0) is 14.3 Å². The Morgan fingerprint density at radius 3 is 2.50 bits per heavy atom. The van der Waals surface area contributed by atoms with Crippen LogP contribution in [0.25, 0.3) is 6.08 Å². The lowest BCUT2D eigenvalue weighted by molar-refractivity contribution is -0.140. The number of hydrogen-bond acceptors (Lipinski definition) is 5. The van der Waals surface area contributed by atoms with Crippen LogP contribution in [0.4, 0.5) is 0 Å². The molecule has 0 bridgehead atoms. The van der Waals surface area contributed by atoms with E-state index in [1.165, 1.54) is 0 Å². The predicted molar refractivity (Wildman–Crippen MR) is 124 cm³/mol. The van der Waals surface area contributed by atoms with E-state index < -0.39 is 23.8 Å². The van der Waals surface area contributed by atoms with Gasteiger partial charge in [-0.25, -0.2) is 4.79 Å². The lowest BCUT2D eigenvalue weighted by Gasteiger charge is -2.30. The first-order chi connectivity index (χ1) is 15.3. The molecule has 1 aliphatic heterocycles. The number of methoxy groups -OCH3 is 1. The van der Waals surface area contributed by atoms with Crippen LogP contribution in [0, 0.1) is 5.92 Å². The van der Waals surface area contributed by atoms with Gasteiger partial charge in [0.2, 0.25) is 0 Å². The van der Waals surface area contributed by atoms with Crippen molar-refractivity contribution in [1.29, 1.82) is 0 Å². The molecule has 0 saturated carbocycles. The fraction of sp³-hybridized carbons (Fsp3) is 0.240. The minimum absolute atomic E-state index is 0.0321. The summed E-state index contributed by atoms with van der Waals surface area (Å²) in [7, 11) is 1.60. The molecule has 3 rings (SSSR count). The molecule has 0 aromatic heterocycles. The summed E-state index contributed by atoms with van der Waals surface area (Å²) >= 11 is 6.14. The molecule has 2 aromatic rings. The third-order valence-corrected chi connectivity index (χ3v) is 5.49. The molecule has 1 N–H and O–H groups in total. The SMILES string of the molecule is COc1ccc(C=CCOC(=O)C2=C(C)N=C(C)C(C(=O)O)C2c2cccc(Cl)c2)cc1. The smallest absolute Gasteiger partial charge is 0.336 e. The lowest BCUT2D eigenvalue weighted by atomic mass is 9.75. The largest absolute Gasteiger partial charge is 0.497 e. The molecule has 166 valence electrons. The van der Waals surface area contributed by atoms with Crippen LogP contribution in [-0.4, -0.2) is 36.5 Å². The minimum atomic E-state index is -1.06. The van der Waals surface area contributed by atoms with Crippen molar-refractivity contribution in [3.05, 3.63) is 82.0 Å². The van der Waals surface area contributed by atoms with E-state index in [1.807, 2.05) is 30.3 Å². The van der Waals surface area contributed by atoms with E-state index in [4.69, 9.17) is 21.1 Å². The molecule has 2 atom stereocenters. The number of benzene rings is 2. The van der Waals surface area contributed by atoms with Gasteiger partial charge >= 0.3 is 11.9 Å². The molecular weight excluding hydrogens is 430 g/mol. The summed E-state index contributed by atoms with van der Waals surface area (Å²) in [6, 6.07) is 14.3. The Kier molecular flexibility index (Phi) is 7.49. The topological polar surface area (TPSA) is 85.2 Å². The Balaban J connectivity index is 1.83. The number of nitrogens with zero attached hydrogens (tertiary/aromatic N) is 1. The number of carbonyl (C=O) groups excluding carboxylic acids is 1. The molecule has 0 saturated heterocycles. The molecule has 0 amide bonds. The van der Waals surface area contributed by atoms with Crippen molar-refractivity contribution in [2.24, 2.45) is 10.9 Å². The van der Waals surface area contributed by atoms with E-state index in [0.29, 0.717) is 22.0 Å². The molecule has 7 heteroatoms. The van der Waals surface area contributed by atoms with Gasteiger partial charge in [-0.05, 0) is 55.3 Å². The standard InChI is InChI=1S/C25H24ClNO5/c1-15-21(24(28)29)23(18-7-4-8-19(26)14-18)22(16(2)27-15)25(30)32-13-5-6-17-9-11-20(31-3)12-10-17/h4-12,14,21,23H,13H2,1-3H3,(H,28,29). The highest BCUT2D eigenvalue weighted by Gasteiger charge is 2.41. The van der Waals surface area contributed by atoms with Crippen LogP contribution in [0.2, 0.25) is 5.02 Å². The number of carboxylic acids is 1. The van der Waals surface area contributed by atoms with E-state index in [-0.39, 0.29) is 12.2 Å². The number of ether oxygens (including phenoxy) is 2. The number of aliphatic imine (C=N–C) groups is 1. The second kappa shape index (κ2) is 10.3. The number of esters is 1. The van der Waals surface area contributed by atoms with Gasteiger partial charge in [-0.15, -0.1) is 0 Å². The third-order valence-electron chi connectivity index (χ3n) is 5.26. The molecule has 6 nitrogen and oxygen atoms in total. The van der Waals surface area contributed by atoms with Crippen molar-refractivity contribution in [1.82, 2.24) is 0 Å². The highest BCUT2D eigenvalue weighted by Crippen LogP contribution is 2.40. The summed E-state index contributed by atoms with van der Waals surface area (Å²) in [6.07, 6.45) is 3.54. The molecule has 1 aliphatic rings. The number of carbonyl (C=O) groups is 2. The Hall–Kier alpha value is -3.38. The van der Waals surface area contributed by atoms with Gasteiger partial charge in [-0.3, -0.25) is 9.79 Å². The van der Waals surface area contributed by atoms with E-state index in [0.717, 1.165) is 11.3 Å². The fourth-order valence-electron chi connectivity index (χ4n) is 3.78. The number of halogens is 1. The third kappa shape index (κ3) is 5.26. The zero-order valence-electron chi connectivity index (χ0n) is 18.0. The number of allylic oxidation sites excluding steroid dienone is 1. The maximum atomic E-state index is 13.0. The van der Waals surface area contributed by atoms with Crippen molar-refractivity contribution >= 4 is 35.3 Å². The molecule has 1 heterocycles. The van der Waals surface area contributed by atoms with Crippen LogP contribution >= 0.6 is 11.6 Å². The zero-order valence-corrected chi connectivity index (χ0v) is 18.8. The van der Waals surface area contributed by atoms with Gasteiger partial charge in [-0.1, -0.05) is 41.9 Å². The summed E-state index contributed by atoms with van der Waals surface area (Å²) in [5.74, 6) is -2.65. The molecule has 0 radical (unpaired) electrons. The quantitative estimate of drug-likeness (QED) is 0.587. The van der Waals surface area contributed by atoms with Crippen molar-refractivity contribution in [3.8, 4) is 5.75 Å². The number of rotatable bonds is 7. The van der Waals surface area contributed by atoms with E-state index >= 15 is 0 Å². The van der Waals surface area contributed by atoms with Gasteiger partial charge in [0, 0.05) is 22.3 Å². The van der Waals surface area contributed by atoms with Gasteiger partial charge in [-0.2, -0.15) is 0 Å². The Morgan fingerprint density at radius 1 is 1.16 bits per heavy atom. The normalized spacial score (nSPS) is 18.4. The zero-order chi connectivity index (χ0) is 23.3. The maximum Gasteiger partial charge on any atom is 0.336 e. The van der Waals surface area contributed by atoms with Gasteiger partial charge in [0.1, 0.15) is 18.3 Å². The molecule has 0 spiro atoms. The first-order valence-electron chi connectivity index (χ1n) is 10.0. The maximum absolute atomic E-state index is 13.0. The monoisotopic (exact) mass is 453 g/mol. The molecule has 2 aromatic carbocycles. The average Bonchev–Trinajstić information content (AvgIpc) is 2.76. The van der Waals surface area contributed by atoms with Crippen molar-refractivity contribution < 1.29 is 24.2 Å². The predicted octanol–water partition coefficient (Wildman–Crippen LogP) is 5.14. The number of aliphatic carboxylic acids is 1. The Bertz CT molecular complexity index is 1100. The van der Waals surface area contributed by atoms with Crippen molar-refractivity contribution in [2.45, 2.75) is 19.8 Å². The second-order valence-corrected chi connectivity index (χ2v) is 7.81. The first-order valence-corrected chi connectivity index (χ1v) is 10.4. The molecular formula is C25H24ClNO5. The van der Waals surface area contributed by atoms with Crippen LogP contribution in [0.5, 0.6) is 5.75 Å². The average molecular weight is 454 g/mol. The molecule has 0 fully saturated rings. The van der Waals surface area contributed by atoms with E-state index in [9.17, 15) is 14.7 Å². The van der Waals surface area contributed by atoms with Crippen molar-refractivity contribution in [3.63, 3.8) is 0 Å².